The molecule has 0 saturated carbocycles. The largest absolute Gasteiger partial charge is 0.388 e. The van der Waals surface area contributed by atoms with Crippen molar-refractivity contribution in [1.29, 1.82) is 10.5 Å². The van der Waals surface area contributed by atoms with Gasteiger partial charge in [-0.15, -0.1) is 23.7 Å². The van der Waals surface area contributed by atoms with Gasteiger partial charge in [0.2, 0.25) is 0 Å². The molecule has 124 valence electrons. The molecule has 0 aromatic heterocycles. The minimum atomic E-state index is 0.552. The first-order valence-electron chi connectivity index (χ1n) is 7.79. The molecule has 4 heteroatoms. The van der Waals surface area contributed by atoms with Crippen LogP contribution in [0.4, 0.5) is 0 Å². The Morgan fingerprint density at radius 2 is 1.24 bits per heavy atom. The van der Waals surface area contributed by atoms with E-state index in [9.17, 15) is 0 Å². The topological polar surface area (TPSA) is 66.0 Å². The standard InChI is InChI=1S/C21H18N2O2/c1-3-5-18-12-16(7-9-20(18)24-14-22)11-17-8-10-21(25-15-23)19(13-17)6-4-2/h3-4,7-10,12-13H,1-2,5-6,11H2. The van der Waals surface area contributed by atoms with Gasteiger partial charge in [0.05, 0.1) is 0 Å². The number of ether oxygens (including phenoxy) is 2. The Bertz CT molecular complexity index is 786. The first kappa shape index (κ1) is 17.8. The number of allylic oxidation sites excluding steroid dienone is 2. The van der Waals surface area contributed by atoms with Gasteiger partial charge >= 0.3 is 0 Å². The maximum absolute atomic E-state index is 8.73. The fourth-order valence-electron chi connectivity index (χ4n) is 2.65. The van der Waals surface area contributed by atoms with E-state index < -0.39 is 0 Å². The normalized spacial score (nSPS) is 9.52. The summed E-state index contributed by atoms with van der Waals surface area (Å²) < 4.78 is 9.98. The zero-order chi connectivity index (χ0) is 18.1. The molecular weight excluding hydrogens is 312 g/mol. The SMILES string of the molecule is C=CCc1cc(Cc2ccc(OC#N)c(CC=C)c2)ccc1OC#N. The summed E-state index contributed by atoms with van der Waals surface area (Å²) in [5, 5.41) is 17.5. The fraction of sp³-hybridized carbons (Fsp3) is 0.143. The molecule has 4 nitrogen and oxygen atoms in total. The molecule has 0 aliphatic rings. The summed E-state index contributed by atoms with van der Waals surface area (Å²) >= 11 is 0. The van der Waals surface area contributed by atoms with Crippen LogP contribution >= 0.6 is 0 Å². The van der Waals surface area contributed by atoms with Crippen LogP contribution in [0.3, 0.4) is 0 Å². The van der Waals surface area contributed by atoms with Crippen LogP contribution in [0.2, 0.25) is 0 Å². The molecule has 0 atom stereocenters. The zero-order valence-corrected chi connectivity index (χ0v) is 13.9. The Hall–Kier alpha value is -3.50. The predicted octanol–water partition coefficient (Wildman–Crippen LogP) is 4.45. The second-order valence-corrected chi connectivity index (χ2v) is 5.43. The molecule has 0 aliphatic heterocycles. The average Bonchev–Trinajstić information content (AvgIpc) is 2.60. The van der Waals surface area contributed by atoms with Crippen LogP contribution in [0.5, 0.6) is 11.5 Å². The van der Waals surface area contributed by atoms with Crippen molar-refractivity contribution in [3.05, 3.63) is 84.0 Å². The second-order valence-electron chi connectivity index (χ2n) is 5.43. The Labute approximate surface area is 147 Å². The van der Waals surface area contributed by atoms with E-state index in [0.29, 0.717) is 30.8 Å². The first-order valence-corrected chi connectivity index (χ1v) is 7.79. The monoisotopic (exact) mass is 330 g/mol. The van der Waals surface area contributed by atoms with Crippen LogP contribution in [0.1, 0.15) is 22.3 Å². The third-order valence-corrected chi connectivity index (χ3v) is 3.70. The minimum absolute atomic E-state index is 0.552. The van der Waals surface area contributed by atoms with Gasteiger partial charge in [-0.25, -0.2) is 0 Å². The van der Waals surface area contributed by atoms with E-state index in [4.69, 9.17) is 20.0 Å². The van der Waals surface area contributed by atoms with Crippen molar-refractivity contribution in [2.75, 3.05) is 0 Å². The average molecular weight is 330 g/mol. The molecule has 0 heterocycles. The lowest BCUT2D eigenvalue weighted by Gasteiger charge is -2.10. The van der Waals surface area contributed by atoms with Gasteiger partial charge in [0, 0.05) is 0 Å². The van der Waals surface area contributed by atoms with Crippen molar-refractivity contribution in [1.82, 2.24) is 0 Å². The van der Waals surface area contributed by atoms with Crippen molar-refractivity contribution in [3.8, 4) is 24.0 Å². The summed E-state index contributed by atoms with van der Waals surface area (Å²) in [6, 6.07) is 11.5. The molecule has 2 rings (SSSR count). The van der Waals surface area contributed by atoms with E-state index >= 15 is 0 Å². The smallest absolute Gasteiger partial charge is 0.292 e. The summed E-state index contributed by atoms with van der Waals surface area (Å²) in [6.07, 6.45) is 8.94. The minimum Gasteiger partial charge on any atom is -0.388 e. The van der Waals surface area contributed by atoms with Gasteiger partial charge in [-0.3, -0.25) is 0 Å². The summed E-state index contributed by atoms with van der Waals surface area (Å²) in [4.78, 5) is 0. The summed E-state index contributed by atoms with van der Waals surface area (Å²) in [7, 11) is 0. The molecule has 0 unspecified atom stereocenters. The van der Waals surface area contributed by atoms with Gasteiger partial charge in [-0.05, 0) is 53.6 Å². The number of hydrogen-bond donors (Lipinski definition) is 0. The lowest BCUT2D eigenvalue weighted by Crippen LogP contribution is -1.97. The van der Waals surface area contributed by atoms with Crippen LogP contribution in [0.25, 0.3) is 0 Å². The fourth-order valence-corrected chi connectivity index (χ4v) is 2.65. The highest BCUT2D eigenvalue weighted by atomic mass is 16.5. The van der Waals surface area contributed by atoms with Crippen LogP contribution in [-0.4, -0.2) is 0 Å². The molecule has 0 saturated heterocycles. The van der Waals surface area contributed by atoms with Crippen LogP contribution in [-0.2, 0) is 19.3 Å². The molecule has 0 N–H and O–H groups in total. The third kappa shape index (κ3) is 4.73. The van der Waals surface area contributed by atoms with Crippen LogP contribution < -0.4 is 9.47 Å². The van der Waals surface area contributed by atoms with E-state index in [2.05, 4.69) is 13.2 Å². The van der Waals surface area contributed by atoms with Crippen molar-refractivity contribution >= 4 is 0 Å². The second kappa shape index (κ2) is 8.96. The van der Waals surface area contributed by atoms with E-state index in [1.165, 1.54) is 0 Å². The Morgan fingerprint density at radius 3 is 1.60 bits per heavy atom. The van der Waals surface area contributed by atoms with Crippen molar-refractivity contribution in [2.45, 2.75) is 19.3 Å². The van der Waals surface area contributed by atoms with Crippen LogP contribution in [0.15, 0.2) is 61.7 Å². The van der Waals surface area contributed by atoms with Gasteiger partial charge < -0.3 is 9.47 Å². The molecule has 0 aliphatic carbocycles. The number of rotatable bonds is 8. The third-order valence-electron chi connectivity index (χ3n) is 3.70. The predicted molar refractivity (Wildman–Crippen MR) is 96.0 cm³/mol. The highest BCUT2D eigenvalue weighted by Gasteiger charge is 2.08. The van der Waals surface area contributed by atoms with Crippen LogP contribution in [0, 0.1) is 23.0 Å². The Morgan fingerprint density at radius 1 is 0.800 bits per heavy atom. The summed E-state index contributed by atoms with van der Waals surface area (Å²) in [6.45, 7) is 7.48. The number of nitriles is 2. The van der Waals surface area contributed by atoms with Gasteiger partial charge in [-0.1, -0.05) is 36.4 Å². The molecule has 2 aromatic rings. The highest BCUT2D eigenvalue weighted by Crippen LogP contribution is 2.25. The first-order chi connectivity index (χ1) is 12.2. The molecule has 0 bridgehead atoms. The molecule has 2 aromatic carbocycles. The van der Waals surface area contributed by atoms with E-state index in [1.807, 2.05) is 24.3 Å². The van der Waals surface area contributed by atoms with E-state index in [1.54, 1.807) is 36.8 Å². The number of benzene rings is 2. The number of nitrogens with zero attached hydrogens (tertiary/aromatic N) is 2. The van der Waals surface area contributed by atoms with E-state index in [0.717, 1.165) is 22.3 Å². The zero-order valence-electron chi connectivity index (χ0n) is 13.9. The van der Waals surface area contributed by atoms with E-state index in [-0.39, 0.29) is 0 Å². The van der Waals surface area contributed by atoms with Gasteiger partial charge in [0.15, 0.2) is 0 Å². The van der Waals surface area contributed by atoms with Crippen molar-refractivity contribution < 1.29 is 9.47 Å². The molecular formula is C21H18N2O2. The molecule has 0 amide bonds. The lowest BCUT2D eigenvalue weighted by atomic mass is 9.98. The lowest BCUT2D eigenvalue weighted by molar-refractivity contribution is 0.501. The highest BCUT2D eigenvalue weighted by molar-refractivity contribution is 5.43. The molecule has 0 radical (unpaired) electrons. The maximum atomic E-state index is 8.73. The van der Waals surface area contributed by atoms with Gasteiger partial charge in [0.1, 0.15) is 11.5 Å². The summed E-state index contributed by atoms with van der Waals surface area (Å²) in [5.41, 5.74) is 4.04. The molecule has 0 fully saturated rings. The summed E-state index contributed by atoms with van der Waals surface area (Å²) in [5.74, 6) is 1.10. The Balaban J connectivity index is 2.29. The van der Waals surface area contributed by atoms with Gasteiger partial charge in [-0.2, -0.15) is 0 Å². The Kier molecular flexibility index (Phi) is 6.39. The molecule has 25 heavy (non-hydrogen) atoms. The van der Waals surface area contributed by atoms with Gasteiger partial charge in [0.25, 0.3) is 12.5 Å². The van der Waals surface area contributed by atoms with Crippen molar-refractivity contribution in [3.63, 3.8) is 0 Å². The van der Waals surface area contributed by atoms with Crippen molar-refractivity contribution in [2.24, 2.45) is 0 Å². The maximum Gasteiger partial charge on any atom is 0.292 e. The molecule has 0 spiro atoms. The number of hydrogen-bond acceptors (Lipinski definition) is 4. The quantitative estimate of drug-likeness (QED) is 0.529.